The van der Waals surface area contributed by atoms with Gasteiger partial charge in [-0.3, -0.25) is 0 Å². The largest absolute Gasteiger partial charge is 0.390 e. The zero-order valence-electron chi connectivity index (χ0n) is 5.38. The van der Waals surface area contributed by atoms with Crippen LogP contribution in [0.5, 0.6) is 0 Å². The molecule has 0 amide bonds. The summed E-state index contributed by atoms with van der Waals surface area (Å²) in [6, 6.07) is 0. The van der Waals surface area contributed by atoms with E-state index >= 15 is 0 Å². The van der Waals surface area contributed by atoms with Gasteiger partial charge in [0.2, 0.25) is 0 Å². The topological polar surface area (TPSA) is 80.9 Å². The zero-order chi connectivity index (χ0) is 7.72. The lowest BCUT2D eigenvalue weighted by Crippen LogP contribution is -2.49. The Morgan fingerprint density at radius 2 is 1.60 bits per heavy atom. The summed E-state index contributed by atoms with van der Waals surface area (Å²) in [5.41, 5.74) is 0. The van der Waals surface area contributed by atoms with E-state index in [0.717, 1.165) is 0 Å². The first-order chi connectivity index (χ1) is 4.63. The van der Waals surface area contributed by atoms with Gasteiger partial charge in [0.05, 0.1) is 12.2 Å². The van der Waals surface area contributed by atoms with Gasteiger partial charge < -0.3 is 20.4 Å². The Labute approximate surface area is 58.7 Å². The molecule has 0 bridgehead atoms. The molecule has 0 heterocycles. The van der Waals surface area contributed by atoms with Gasteiger partial charge in [0.15, 0.2) is 0 Å². The summed E-state index contributed by atoms with van der Waals surface area (Å²) < 4.78 is 0. The maximum atomic E-state index is 8.94. The fourth-order valence-corrected chi connectivity index (χ4v) is 0.987. The first-order valence-corrected chi connectivity index (χ1v) is 3.18. The normalized spacial score (nSPS) is 49.2. The molecule has 1 fully saturated rings. The first-order valence-electron chi connectivity index (χ1n) is 3.18. The lowest BCUT2D eigenvalue weighted by Gasteiger charge is -2.31. The van der Waals surface area contributed by atoms with Crippen LogP contribution in [0.2, 0.25) is 0 Å². The molecule has 0 saturated heterocycles. The quantitative estimate of drug-likeness (QED) is 0.320. The Balaban J connectivity index is 2.52. The van der Waals surface area contributed by atoms with Crippen LogP contribution in [0, 0.1) is 6.42 Å². The maximum Gasteiger partial charge on any atom is 0.109 e. The average Bonchev–Trinajstić information content (AvgIpc) is 1.93. The Morgan fingerprint density at radius 3 is 2.10 bits per heavy atom. The molecule has 1 aliphatic carbocycles. The summed E-state index contributed by atoms with van der Waals surface area (Å²) >= 11 is 0. The monoisotopic (exact) mass is 147 g/mol. The molecule has 0 aliphatic heterocycles. The van der Waals surface area contributed by atoms with Crippen LogP contribution in [0.15, 0.2) is 0 Å². The molecule has 4 unspecified atom stereocenters. The predicted molar refractivity (Wildman–Crippen MR) is 32.9 cm³/mol. The molecule has 4 heteroatoms. The molecule has 10 heavy (non-hydrogen) atoms. The van der Waals surface area contributed by atoms with Gasteiger partial charge in [0.1, 0.15) is 12.2 Å². The highest BCUT2D eigenvalue weighted by molar-refractivity contribution is 4.96. The van der Waals surface area contributed by atoms with Crippen molar-refractivity contribution in [1.82, 2.24) is 0 Å². The second kappa shape index (κ2) is 2.84. The highest BCUT2D eigenvalue weighted by Gasteiger charge is 2.35. The number of rotatable bonds is 0. The summed E-state index contributed by atoms with van der Waals surface area (Å²) in [5, 5.41) is 35.7. The van der Waals surface area contributed by atoms with Crippen molar-refractivity contribution >= 4 is 0 Å². The van der Waals surface area contributed by atoms with E-state index < -0.39 is 24.4 Å². The van der Waals surface area contributed by atoms with Crippen LogP contribution in [-0.2, 0) is 0 Å². The second-order valence-corrected chi connectivity index (χ2v) is 2.51. The van der Waals surface area contributed by atoms with Crippen molar-refractivity contribution in [2.24, 2.45) is 0 Å². The average molecular weight is 147 g/mol. The third-order valence-corrected chi connectivity index (χ3v) is 1.71. The zero-order valence-corrected chi connectivity index (χ0v) is 5.38. The lowest BCUT2D eigenvalue weighted by atomic mass is 9.90. The van der Waals surface area contributed by atoms with Crippen molar-refractivity contribution < 1.29 is 20.4 Å². The molecule has 0 aromatic rings. The fourth-order valence-electron chi connectivity index (χ4n) is 0.987. The second-order valence-electron chi connectivity index (χ2n) is 2.51. The SMILES string of the molecule is OC1[CH]CC(O)C(O)C1O. The molecule has 4 N–H and O–H groups in total. The van der Waals surface area contributed by atoms with Crippen LogP contribution < -0.4 is 0 Å². The van der Waals surface area contributed by atoms with Crippen molar-refractivity contribution in [3.63, 3.8) is 0 Å². The molecule has 0 aromatic carbocycles. The van der Waals surface area contributed by atoms with Gasteiger partial charge in [-0.15, -0.1) is 0 Å². The Kier molecular flexibility index (Phi) is 2.25. The van der Waals surface area contributed by atoms with E-state index in [-0.39, 0.29) is 6.42 Å². The van der Waals surface area contributed by atoms with Gasteiger partial charge in [-0.25, -0.2) is 0 Å². The molecule has 4 nitrogen and oxygen atoms in total. The van der Waals surface area contributed by atoms with Gasteiger partial charge in [0.25, 0.3) is 0 Å². The van der Waals surface area contributed by atoms with Crippen LogP contribution in [-0.4, -0.2) is 44.8 Å². The smallest absolute Gasteiger partial charge is 0.109 e. The standard InChI is InChI=1S/C6H11O4/c7-3-1-2-4(8)6(10)5(3)9/h1,3-10H,2H2. The van der Waals surface area contributed by atoms with Crippen molar-refractivity contribution in [1.29, 1.82) is 0 Å². The first kappa shape index (κ1) is 7.94. The van der Waals surface area contributed by atoms with E-state index in [0.29, 0.717) is 0 Å². The molecule has 59 valence electrons. The predicted octanol–water partition coefficient (Wildman–Crippen LogP) is -1.96. The molecular weight excluding hydrogens is 136 g/mol. The van der Waals surface area contributed by atoms with Gasteiger partial charge in [-0.05, 0) is 12.8 Å². The number of hydrogen-bond donors (Lipinski definition) is 4. The number of aliphatic hydroxyl groups is 4. The molecule has 1 saturated carbocycles. The Hall–Kier alpha value is -0.160. The molecule has 4 atom stereocenters. The van der Waals surface area contributed by atoms with Gasteiger partial charge >= 0.3 is 0 Å². The van der Waals surface area contributed by atoms with E-state index in [4.69, 9.17) is 20.4 Å². The van der Waals surface area contributed by atoms with E-state index in [1.165, 1.54) is 6.42 Å². The van der Waals surface area contributed by atoms with E-state index in [9.17, 15) is 0 Å². The molecular formula is C6H11O4. The third kappa shape index (κ3) is 1.29. The highest BCUT2D eigenvalue weighted by Crippen LogP contribution is 2.18. The summed E-state index contributed by atoms with van der Waals surface area (Å²) in [6.45, 7) is 0. The number of hydrogen-bond acceptors (Lipinski definition) is 4. The fraction of sp³-hybridized carbons (Fsp3) is 0.833. The minimum absolute atomic E-state index is 0.222. The van der Waals surface area contributed by atoms with E-state index in [1.807, 2.05) is 0 Å². The Morgan fingerprint density at radius 1 is 1.00 bits per heavy atom. The highest BCUT2D eigenvalue weighted by atomic mass is 16.4. The van der Waals surface area contributed by atoms with Crippen LogP contribution in [0.1, 0.15) is 6.42 Å². The summed E-state index contributed by atoms with van der Waals surface area (Å²) in [5.74, 6) is 0. The minimum atomic E-state index is -1.25. The van der Waals surface area contributed by atoms with Crippen molar-refractivity contribution in [3.05, 3.63) is 6.42 Å². The van der Waals surface area contributed by atoms with Gasteiger partial charge in [-0.1, -0.05) is 0 Å². The maximum absolute atomic E-state index is 8.94. The molecule has 1 radical (unpaired) electrons. The number of aliphatic hydroxyl groups excluding tert-OH is 4. The van der Waals surface area contributed by atoms with E-state index in [1.54, 1.807) is 0 Å². The molecule has 1 rings (SSSR count). The van der Waals surface area contributed by atoms with Crippen molar-refractivity contribution in [2.75, 3.05) is 0 Å². The summed E-state index contributed by atoms with van der Waals surface area (Å²) in [6.07, 6.45) is -2.83. The van der Waals surface area contributed by atoms with Crippen LogP contribution in [0.3, 0.4) is 0 Å². The molecule has 1 aliphatic rings. The van der Waals surface area contributed by atoms with Crippen LogP contribution in [0.25, 0.3) is 0 Å². The van der Waals surface area contributed by atoms with Gasteiger partial charge in [-0.2, -0.15) is 0 Å². The Bertz CT molecular complexity index is 102. The van der Waals surface area contributed by atoms with Crippen LogP contribution >= 0.6 is 0 Å². The lowest BCUT2D eigenvalue weighted by molar-refractivity contribution is -0.116. The molecule has 0 aromatic heterocycles. The molecule has 0 spiro atoms. The van der Waals surface area contributed by atoms with Crippen molar-refractivity contribution in [3.8, 4) is 0 Å². The minimum Gasteiger partial charge on any atom is -0.390 e. The summed E-state index contributed by atoms with van der Waals surface area (Å²) in [4.78, 5) is 0. The summed E-state index contributed by atoms with van der Waals surface area (Å²) in [7, 11) is 0. The van der Waals surface area contributed by atoms with Crippen molar-refractivity contribution in [2.45, 2.75) is 30.8 Å². The van der Waals surface area contributed by atoms with Crippen LogP contribution in [0.4, 0.5) is 0 Å². The van der Waals surface area contributed by atoms with Gasteiger partial charge in [0, 0.05) is 0 Å². The third-order valence-electron chi connectivity index (χ3n) is 1.71. The van der Waals surface area contributed by atoms with E-state index in [2.05, 4.69) is 0 Å².